The molecular formula is C23H22N2O3S. The zero-order valence-electron chi connectivity index (χ0n) is 16.3. The number of sulfonamides is 1. The molecule has 1 amide bonds. The molecule has 0 fully saturated rings. The van der Waals surface area contributed by atoms with Gasteiger partial charge in [-0.2, -0.15) is 0 Å². The number of anilines is 2. The summed E-state index contributed by atoms with van der Waals surface area (Å²) in [5.74, 6) is -0.196. The second-order valence-corrected chi connectivity index (χ2v) is 8.96. The molecule has 3 aromatic rings. The third kappa shape index (κ3) is 3.63. The van der Waals surface area contributed by atoms with Gasteiger partial charge in [0.2, 0.25) is 0 Å². The predicted octanol–water partition coefficient (Wildman–Crippen LogP) is 4.39. The van der Waals surface area contributed by atoms with E-state index in [0.29, 0.717) is 16.8 Å². The van der Waals surface area contributed by atoms with E-state index in [1.54, 1.807) is 48.2 Å². The molecule has 0 aliphatic carbocycles. The number of nitrogens with zero attached hydrogens (tertiary/aromatic N) is 1. The van der Waals surface area contributed by atoms with Gasteiger partial charge in [0.05, 0.1) is 4.90 Å². The molecule has 0 unspecified atom stereocenters. The first-order valence-corrected chi connectivity index (χ1v) is 10.9. The lowest BCUT2D eigenvalue weighted by atomic mass is 10.1. The van der Waals surface area contributed by atoms with E-state index in [1.807, 2.05) is 37.3 Å². The van der Waals surface area contributed by atoms with Crippen LogP contribution in [0.15, 0.2) is 77.7 Å². The number of nitrogens with one attached hydrogen (secondary N) is 1. The zero-order chi connectivity index (χ0) is 20.6. The molecule has 1 aliphatic heterocycles. The van der Waals surface area contributed by atoms with Gasteiger partial charge in [-0.15, -0.1) is 0 Å². The monoisotopic (exact) mass is 406 g/mol. The van der Waals surface area contributed by atoms with Gasteiger partial charge in [0.25, 0.3) is 15.9 Å². The van der Waals surface area contributed by atoms with Gasteiger partial charge in [-0.1, -0.05) is 42.5 Å². The van der Waals surface area contributed by atoms with Crippen molar-refractivity contribution in [1.82, 2.24) is 0 Å². The van der Waals surface area contributed by atoms with Crippen molar-refractivity contribution < 1.29 is 13.2 Å². The number of carbonyl (C=O) groups is 1. The van der Waals surface area contributed by atoms with Gasteiger partial charge in [-0.3, -0.25) is 9.52 Å². The molecule has 3 aromatic carbocycles. The van der Waals surface area contributed by atoms with Gasteiger partial charge in [-0.25, -0.2) is 8.42 Å². The number of benzene rings is 3. The average Bonchev–Trinajstić information content (AvgIpc) is 3.03. The Bertz CT molecular complexity index is 1170. The number of amides is 1. The van der Waals surface area contributed by atoms with Gasteiger partial charge >= 0.3 is 0 Å². The molecule has 1 atom stereocenters. The Hall–Kier alpha value is -3.12. The second kappa shape index (κ2) is 7.37. The highest BCUT2D eigenvalue weighted by Gasteiger charge is 2.32. The highest BCUT2D eigenvalue weighted by molar-refractivity contribution is 7.92. The van der Waals surface area contributed by atoms with E-state index >= 15 is 0 Å². The fourth-order valence-electron chi connectivity index (χ4n) is 3.75. The third-order valence-corrected chi connectivity index (χ3v) is 6.70. The first-order chi connectivity index (χ1) is 13.9. The lowest BCUT2D eigenvalue weighted by molar-refractivity contribution is 0.0981. The lowest BCUT2D eigenvalue weighted by Crippen LogP contribution is -2.35. The summed E-state index contributed by atoms with van der Waals surface area (Å²) < 4.78 is 28.5. The van der Waals surface area contributed by atoms with Crippen LogP contribution in [0.4, 0.5) is 11.4 Å². The quantitative estimate of drug-likeness (QED) is 0.699. The average molecular weight is 407 g/mol. The van der Waals surface area contributed by atoms with Crippen LogP contribution in [-0.4, -0.2) is 20.4 Å². The normalized spacial score (nSPS) is 15.8. The Morgan fingerprint density at radius 1 is 1.00 bits per heavy atom. The van der Waals surface area contributed by atoms with E-state index in [2.05, 4.69) is 4.72 Å². The molecule has 148 valence electrons. The first kappa shape index (κ1) is 19.2. The largest absolute Gasteiger partial charge is 0.305 e. The number of carbonyl (C=O) groups excluding carboxylic acids is 1. The number of hydrogen-bond acceptors (Lipinski definition) is 3. The summed E-state index contributed by atoms with van der Waals surface area (Å²) in [4.78, 5) is 15.1. The van der Waals surface area contributed by atoms with Crippen LogP contribution in [0.1, 0.15) is 28.4 Å². The number of hydrogen-bond donors (Lipinski definition) is 1. The minimum absolute atomic E-state index is 0.0173. The Labute approximate surface area is 171 Å². The Kier molecular flexibility index (Phi) is 4.88. The molecule has 6 heteroatoms. The zero-order valence-corrected chi connectivity index (χ0v) is 17.1. The van der Waals surface area contributed by atoms with E-state index in [0.717, 1.165) is 17.7 Å². The Morgan fingerprint density at radius 2 is 1.69 bits per heavy atom. The van der Waals surface area contributed by atoms with Gasteiger partial charge in [-0.05, 0) is 61.7 Å². The van der Waals surface area contributed by atoms with Crippen molar-refractivity contribution >= 4 is 27.3 Å². The van der Waals surface area contributed by atoms with Gasteiger partial charge in [0.15, 0.2) is 0 Å². The highest BCUT2D eigenvalue weighted by atomic mass is 32.2. The molecular weight excluding hydrogens is 384 g/mol. The molecule has 0 spiro atoms. The number of fused-ring (bicyclic) bond motifs is 1. The standard InChI is InChI=1S/C23H22N2O3S/c1-16-12-13-19(15-22(16)29(27,28)24-20-9-4-3-5-10-20)23(26)25-17(2)14-18-8-6-7-11-21(18)25/h3-13,15,17,24H,14H2,1-2H3/t17-/m0/s1. The van der Waals surface area contributed by atoms with Crippen LogP contribution >= 0.6 is 0 Å². The predicted molar refractivity (Wildman–Crippen MR) is 115 cm³/mol. The van der Waals surface area contributed by atoms with E-state index in [-0.39, 0.29) is 16.8 Å². The second-order valence-electron chi connectivity index (χ2n) is 7.31. The van der Waals surface area contributed by atoms with E-state index < -0.39 is 10.0 Å². The van der Waals surface area contributed by atoms with Crippen molar-refractivity contribution in [2.45, 2.75) is 31.2 Å². The molecule has 1 heterocycles. The van der Waals surface area contributed by atoms with Crippen molar-refractivity contribution in [3.63, 3.8) is 0 Å². The summed E-state index contributed by atoms with van der Waals surface area (Å²) >= 11 is 0. The number of aryl methyl sites for hydroxylation is 1. The van der Waals surface area contributed by atoms with Crippen LogP contribution in [0.25, 0.3) is 0 Å². The van der Waals surface area contributed by atoms with Crippen LogP contribution in [0.3, 0.4) is 0 Å². The summed E-state index contributed by atoms with van der Waals surface area (Å²) in [6.45, 7) is 3.72. The summed E-state index contributed by atoms with van der Waals surface area (Å²) in [6, 6.07) is 21.4. The molecule has 0 saturated carbocycles. The molecule has 0 bridgehead atoms. The molecule has 0 aromatic heterocycles. The van der Waals surface area contributed by atoms with Gasteiger partial charge in [0.1, 0.15) is 0 Å². The summed E-state index contributed by atoms with van der Waals surface area (Å²) in [5.41, 5.74) is 3.43. The minimum atomic E-state index is -3.82. The third-order valence-electron chi connectivity index (χ3n) is 5.18. The summed E-state index contributed by atoms with van der Waals surface area (Å²) in [6.07, 6.45) is 0.786. The van der Waals surface area contributed by atoms with Crippen LogP contribution in [0.5, 0.6) is 0 Å². The molecule has 1 aliphatic rings. The van der Waals surface area contributed by atoms with Crippen molar-refractivity contribution in [2.75, 3.05) is 9.62 Å². The topological polar surface area (TPSA) is 66.5 Å². The number of para-hydroxylation sites is 2. The maximum absolute atomic E-state index is 13.3. The van der Waals surface area contributed by atoms with E-state index in [4.69, 9.17) is 0 Å². The SMILES string of the molecule is Cc1ccc(C(=O)N2c3ccccc3C[C@@H]2C)cc1S(=O)(=O)Nc1ccccc1. The lowest BCUT2D eigenvalue weighted by Gasteiger charge is -2.23. The van der Waals surface area contributed by atoms with Crippen molar-refractivity contribution in [1.29, 1.82) is 0 Å². The van der Waals surface area contributed by atoms with Gasteiger partial charge < -0.3 is 4.90 Å². The summed E-state index contributed by atoms with van der Waals surface area (Å²) in [7, 11) is -3.82. The minimum Gasteiger partial charge on any atom is -0.305 e. The summed E-state index contributed by atoms with van der Waals surface area (Å²) in [5, 5.41) is 0. The van der Waals surface area contributed by atoms with Gasteiger partial charge in [0, 0.05) is 23.0 Å². The molecule has 0 radical (unpaired) electrons. The van der Waals surface area contributed by atoms with Crippen LogP contribution in [0, 0.1) is 6.92 Å². The maximum atomic E-state index is 13.3. The fourth-order valence-corrected chi connectivity index (χ4v) is 5.08. The molecule has 5 nitrogen and oxygen atoms in total. The fraction of sp³-hybridized carbons (Fsp3) is 0.174. The van der Waals surface area contributed by atoms with Crippen LogP contribution in [-0.2, 0) is 16.4 Å². The smallest absolute Gasteiger partial charge is 0.262 e. The first-order valence-electron chi connectivity index (χ1n) is 9.47. The highest BCUT2D eigenvalue weighted by Crippen LogP contribution is 2.33. The molecule has 1 N–H and O–H groups in total. The van der Waals surface area contributed by atoms with E-state index in [9.17, 15) is 13.2 Å². The molecule has 0 saturated heterocycles. The van der Waals surface area contributed by atoms with Crippen molar-refractivity contribution in [2.24, 2.45) is 0 Å². The van der Waals surface area contributed by atoms with Crippen molar-refractivity contribution in [3.8, 4) is 0 Å². The van der Waals surface area contributed by atoms with Crippen LogP contribution in [0.2, 0.25) is 0 Å². The molecule has 4 rings (SSSR count). The van der Waals surface area contributed by atoms with E-state index in [1.165, 1.54) is 6.07 Å². The van der Waals surface area contributed by atoms with Crippen LogP contribution < -0.4 is 9.62 Å². The number of rotatable bonds is 4. The maximum Gasteiger partial charge on any atom is 0.262 e. The Balaban J connectivity index is 1.69. The van der Waals surface area contributed by atoms with Crippen molar-refractivity contribution in [3.05, 3.63) is 89.5 Å². The molecule has 29 heavy (non-hydrogen) atoms. The Morgan fingerprint density at radius 3 is 2.45 bits per heavy atom.